The zero-order valence-electron chi connectivity index (χ0n) is 10.9. The molecule has 1 fully saturated rings. The van der Waals surface area contributed by atoms with Gasteiger partial charge in [0.05, 0.1) is 5.41 Å². The molecular weight excluding hydrogens is 242 g/mol. The van der Waals surface area contributed by atoms with Crippen molar-refractivity contribution in [1.82, 2.24) is 4.90 Å². The standard InChI is InChI=1S/C15H17NO3/c1-15(14(18)19)9-10-16(11-15)13(17)8-7-12-5-3-2-4-6-12/h2-8H,9-11H2,1H3,(H,18,19)/b8-7+. The van der Waals surface area contributed by atoms with E-state index in [2.05, 4.69) is 0 Å². The molecule has 0 radical (unpaired) electrons. The maximum atomic E-state index is 12.0. The van der Waals surface area contributed by atoms with E-state index in [0.29, 0.717) is 13.0 Å². The van der Waals surface area contributed by atoms with Crippen LogP contribution < -0.4 is 0 Å². The molecule has 100 valence electrons. The minimum atomic E-state index is -0.838. The van der Waals surface area contributed by atoms with Crippen LogP contribution in [0.15, 0.2) is 36.4 Å². The van der Waals surface area contributed by atoms with Crippen molar-refractivity contribution in [3.05, 3.63) is 42.0 Å². The third-order valence-electron chi connectivity index (χ3n) is 3.52. The Morgan fingerprint density at radius 3 is 2.58 bits per heavy atom. The van der Waals surface area contributed by atoms with Gasteiger partial charge in [0, 0.05) is 19.2 Å². The van der Waals surface area contributed by atoms with Crippen molar-refractivity contribution >= 4 is 18.0 Å². The fraction of sp³-hybridized carbons (Fsp3) is 0.333. The number of rotatable bonds is 3. The molecule has 4 heteroatoms. The Morgan fingerprint density at radius 1 is 1.32 bits per heavy atom. The van der Waals surface area contributed by atoms with Crippen LogP contribution in [0.3, 0.4) is 0 Å². The van der Waals surface area contributed by atoms with Gasteiger partial charge in [-0.1, -0.05) is 30.3 Å². The van der Waals surface area contributed by atoms with Gasteiger partial charge in [0.25, 0.3) is 0 Å². The van der Waals surface area contributed by atoms with Crippen LogP contribution in [-0.2, 0) is 9.59 Å². The molecule has 0 spiro atoms. The maximum Gasteiger partial charge on any atom is 0.311 e. The smallest absolute Gasteiger partial charge is 0.311 e. The number of nitrogens with zero attached hydrogens (tertiary/aromatic N) is 1. The summed E-state index contributed by atoms with van der Waals surface area (Å²) in [4.78, 5) is 24.7. The molecule has 0 saturated carbocycles. The largest absolute Gasteiger partial charge is 0.481 e. The molecule has 1 saturated heterocycles. The zero-order valence-corrected chi connectivity index (χ0v) is 10.9. The van der Waals surface area contributed by atoms with Gasteiger partial charge in [-0.3, -0.25) is 9.59 Å². The lowest BCUT2D eigenvalue weighted by Gasteiger charge is -2.18. The second-order valence-corrected chi connectivity index (χ2v) is 5.12. The first kappa shape index (κ1) is 13.3. The molecular formula is C15H17NO3. The van der Waals surface area contributed by atoms with E-state index in [9.17, 15) is 9.59 Å². The predicted molar refractivity (Wildman–Crippen MR) is 72.4 cm³/mol. The van der Waals surface area contributed by atoms with Gasteiger partial charge in [0.1, 0.15) is 0 Å². The molecule has 1 aromatic rings. The molecule has 0 aliphatic carbocycles. The number of carboxylic acids is 1. The van der Waals surface area contributed by atoms with Gasteiger partial charge in [-0.2, -0.15) is 0 Å². The van der Waals surface area contributed by atoms with Crippen molar-refractivity contribution in [3.63, 3.8) is 0 Å². The molecule has 1 unspecified atom stereocenters. The van der Waals surface area contributed by atoms with Gasteiger partial charge < -0.3 is 10.0 Å². The highest BCUT2D eigenvalue weighted by Crippen LogP contribution is 2.30. The quantitative estimate of drug-likeness (QED) is 0.845. The van der Waals surface area contributed by atoms with Crippen LogP contribution in [0.1, 0.15) is 18.9 Å². The van der Waals surface area contributed by atoms with Gasteiger partial charge in [-0.25, -0.2) is 0 Å². The Bertz CT molecular complexity index is 509. The topological polar surface area (TPSA) is 57.6 Å². The summed E-state index contributed by atoms with van der Waals surface area (Å²) in [7, 11) is 0. The SMILES string of the molecule is CC1(C(=O)O)CCN(C(=O)/C=C/c2ccccc2)C1. The highest BCUT2D eigenvalue weighted by molar-refractivity contribution is 5.92. The Balaban J connectivity index is 1.99. The van der Waals surface area contributed by atoms with Crippen LogP contribution in [0.5, 0.6) is 0 Å². The van der Waals surface area contributed by atoms with Crippen molar-refractivity contribution in [2.24, 2.45) is 5.41 Å². The van der Waals surface area contributed by atoms with Crippen LogP contribution >= 0.6 is 0 Å². The van der Waals surface area contributed by atoms with E-state index in [4.69, 9.17) is 5.11 Å². The molecule has 1 aliphatic heterocycles. The third kappa shape index (κ3) is 3.02. The normalized spacial score (nSPS) is 22.9. The second kappa shape index (κ2) is 5.26. The first-order valence-corrected chi connectivity index (χ1v) is 6.27. The van der Waals surface area contributed by atoms with Crippen LogP contribution in [0.2, 0.25) is 0 Å². The maximum absolute atomic E-state index is 12.0. The lowest BCUT2D eigenvalue weighted by molar-refractivity contribution is -0.147. The highest BCUT2D eigenvalue weighted by atomic mass is 16.4. The van der Waals surface area contributed by atoms with Crippen molar-refractivity contribution in [1.29, 1.82) is 0 Å². The molecule has 1 amide bonds. The van der Waals surface area contributed by atoms with Gasteiger partial charge >= 0.3 is 5.97 Å². The van der Waals surface area contributed by atoms with Crippen LogP contribution in [0.25, 0.3) is 6.08 Å². The molecule has 4 nitrogen and oxygen atoms in total. The van der Waals surface area contributed by atoms with Gasteiger partial charge in [0.2, 0.25) is 5.91 Å². The van der Waals surface area contributed by atoms with Gasteiger partial charge in [-0.15, -0.1) is 0 Å². The summed E-state index contributed by atoms with van der Waals surface area (Å²) >= 11 is 0. The summed E-state index contributed by atoms with van der Waals surface area (Å²) in [6.45, 7) is 2.46. The fourth-order valence-corrected chi connectivity index (χ4v) is 2.16. The Kier molecular flexibility index (Phi) is 3.69. The first-order chi connectivity index (χ1) is 9.01. The first-order valence-electron chi connectivity index (χ1n) is 6.27. The molecule has 2 rings (SSSR count). The third-order valence-corrected chi connectivity index (χ3v) is 3.52. The summed E-state index contributed by atoms with van der Waals surface area (Å²) in [6, 6.07) is 9.55. The van der Waals surface area contributed by atoms with E-state index in [-0.39, 0.29) is 12.5 Å². The van der Waals surface area contributed by atoms with Crippen molar-refractivity contribution < 1.29 is 14.7 Å². The number of likely N-dealkylation sites (tertiary alicyclic amines) is 1. The molecule has 19 heavy (non-hydrogen) atoms. The molecule has 0 bridgehead atoms. The number of amides is 1. The number of carbonyl (C=O) groups is 2. The predicted octanol–water partition coefficient (Wildman–Crippen LogP) is 2.02. The molecule has 0 aromatic heterocycles. The van der Waals surface area contributed by atoms with E-state index in [1.165, 1.54) is 6.08 Å². The average Bonchev–Trinajstić information content (AvgIpc) is 2.81. The van der Waals surface area contributed by atoms with Crippen molar-refractivity contribution in [2.45, 2.75) is 13.3 Å². The Morgan fingerprint density at radius 2 is 2.00 bits per heavy atom. The number of benzene rings is 1. The van der Waals surface area contributed by atoms with Crippen molar-refractivity contribution in [2.75, 3.05) is 13.1 Å². The van der Waals surface area contributed by atoms with Crippen LogP contribution in [0, 0.1) is 5.41 Å². The van der Waals surface area contributed by atoms with Gasteiger partial charge in [-0.05, 0) is 25.0 Å². The molecule has 1 N–H and O–H groups in total. The van der Waals surface area contributed by atoms with E-state index in [0.717, 1.165) is 5.56 Å². The van der Waals surface area contributed by atoms with Gasteiger partial charge in [0.15, 0.2) is 0 Å². The lowest BCUT2D eigenvalue weighted by atomic mass is 9.90. The lowest BCUT2D eigenvalue weighted by Crippen LogP contribution is -2.34. The average molecular weight is 259 g/mol. The minimum Gasteiger partial charge on any atom is -0.481 e. The Hall–Kier alpha value is -2.10. The zero-order chi connectivity index (χ0) is 13.9. The number of hydrogen-bond acceptors (Lipinski definition) is 2. The monoisotopic (exact) mass is 259 g/mol. The minimum absolute atomic E-state index is 0.131. The fourth-order valence-electron chi connectivity index (χ4n) is 2.16. The number of carboxylic acid groups (broad SMARTS) is 1. The van der Waals surface area contributed by atoms with E-state index < -0.39 is 11.4 Å². The second-order valence-electron chi connectivity index (χ2n) is 5.12. The van der Waals surface area contributed by atoms with E-state index in [1.807, 2.05) is 30.3 Å². The number of carbonyl (C=O) groups excluding carboxylic acids is 1. The van der Waals surface area contributed by atoms with Crippen molar-refractivity contribution in [3.8, 4) is 0 Å². The molecule has 1 aromatic carbocycles. The molecule has 1 heterocycles. The number of hydrogen-bond donors (Lipinski definition) is 1. The molecule has 1 aliphatic rings. The number of aliphatic carboxylic acids is 1. The summed E-state index contributed by atoms with van der Waals surface area (Å²) < 4.78 is 0. The highest BCUT2D eigenvalue weighted by Gasteiger charge is 2.41. The summed E-state index contributed by atoms with van der Waals surface area (Å²) in [6.07, 6.45) is 3.76. The summed E-state index contributed by atoms with van der Waals surface area (Å²) in [5, 5.41) is 9.12. The van der Waals surface area contributed by atoms with Crippen LogP contribution in [-0.4, -0.2) is 35.0 Å². The summed E-state index contributed by atoms with van der Waals surface area (Å²) in [5.41, 5.74) is 0.145. The van der Waals surface area contributed by atoms with E-state index >= 15 is 0 Å². The van der Waals surface area contributed by atoms with Crippen LogP contribution in [0.4, 0.5) is 0 Å². The van der Waals surface area contributed by atoms with E-state index in [1.54, 1.807) is 17.9 Å². The molecule has 1 atom stereocenters. The Labute approximate surface area is 112 Å². The summed E-state index contributed by atoms with van der Waals surface area (Å²) in [5.74, 6) is -0.969.